The normalized spacial score (nSPS) is 17.0. The van der Waals surface area contributed by atoms with Gasteiger partial charge in [0, 0.05) is 37.4 Å². The van der Waals surface area contributed by atoms with Gasteiger partial charge in [-0.3, -0.25) is 14.5 Å². The number of benzene rings is 2. The Hall–Kier alpha value is -2.57. The first-order chi connectivity index (χ1) is 15.5. The van der Waals surface area contributed by atoms with E-state index in [1.54, 1.807) is 12.1 Å². The van der Waals surface area contributed by atoms with Crippen molar-refractivity contribution in [1.82, 2.24) is 15.5 Å². The summed E-state index contributed by atoms with van der Waals surface area (Å²) in [5.74, 6) is -1.21. The molecule has 0 aliphatic carbocycles. The van der Waals surface area contributed by atoms with Crippen LogP contribution < -0.4 is 15.5 Å². The molecule has 2 amide bonds. The third-order valence-electron chi connectivity index (χ3n) is 6.48. The number of hydrogen-bond donors (Lipinski definition) is 2. The zero-order valence-corrected chi connectivity index (χ0v) is 19.3. The van der Waals surface area contributed by atoms with Crippen LogP contribution in [-0.2, 0) is 22.6 Å². The molecule has 7 heteroatoms. The second-order valence-corrected chi connectivity index (χ2v) is 9.13. The van der Waals surface area contributed by atoms with Crippen LogP contribution in [0.3, 0.4) is 0 Å². The molecular weight excluding hydrogens is 424 g/mol. The first kappa shape index (κ1) is 22.6. The van der Waals surface area contributed by atoms with Crippen LogP contribution in [0.4, 0.5) is 5.69 Å². The number of rotatable bonds is 6. The lowest BCUT2D eigenvalue weighted by Gasteiger charge is -2.35. The second-order valence-electron chi connectivity index (χ2n) is 8.69. The number of amides is 2. The van der Waals surface area contributed by atoms with Gasteiger partial charge in [-0.15, -0.1) is 0 Å². The van der Waals surface area contributed by atoms with Gasteiger partial charge in [-0.2, -0.15) is 0 Å². The van der Waals surface area contributed by atoms with E-state index in [0.29, 0.717) is 11.6 Å². The van der Waals surface area contributed by atoms with Gasteiger partial charge < -0.3 is 15.5 Å². The van der Waals surface area contributed by atoms with Gasteiger partial charge >= 0.3 is 11.8 Å². The first-order valence-electron chi connectivity index (χ1n) is 11.4. The maximum Gasteiger partial charge on any atom is 0.309 e. The quantitative estimate of drug-likeness (QED) is 0.657. The summed E-state index contributed by atoms with van der Waals surface area (Å²) in [6.07, 6.45) is 4.63. The zero-order valence-electron chi connectivity index (χ0n) is 18.6. The zero-order chi connectivity index (χ0) is 22.5. The maximum absolute atomic E-state index is 12.5. The van der Waals surface area contributed by atoms with Gasteiger partial charge in [-0.1, -0.05) is 42.3 Å². The summed E-state index contributed by atoms with van der Waals surface area (Å²) in [7, 11) is 2.12. The molecule has 4 rings (SSSR count). The Morgan fingerprint density at radius 1 is 0.969 bits per heavy atom. The van der Waals surface area contributed by atoms with E-state index in [4.69, 9.17) is 11.6 Å². The number of hydrogen-bond acceptors (Lipinski definition) is 4. The Morgan fingerprint density at radius 3 is 2.44 bits per heavy atom. The average Bonchev–Trinajstić information content (AvgIpc) is 3.19. The van der Waals surface area contributed by atoms with Gasteiger partial charge in [0.05, 0.1) is 6.04 Å². The van der Waals surface area contributed by atoms with Crippen molar-refractivity contribution >= 4 is 29.1 Å². The van der Waals surface area contributed by atoms with Crippen LogP contribution in [0.15, 0.2) is 42.5 Å². The molecule has 0 spiro atoms. The lowest BCUT2D eigenvalue weighted by Crippen LogP contribution is -2.45. The molecule has 2 aromatic rings. The third-order valence-corrected chi connectivity index (χ3v) is 6.73. The number of nitrogens with one attached hydrogen (secondary N) is 2. The van der Waals surface area contributed by atoms with Gasteiger partial charge in [0.25, 0.3) is 0 Å². The molecular formula is C25H31ClN4O2. The number of likely N-dealkylation sites (tertiary alicyclic amines) is 1. The van der Waals surface area contributed by atoms with Crippen LogP contribution in [0, 0.1) is 0 Å². The number of anilines is 1. The largest absolute Gasteiger partial charge is 0.374 e. The van der Waals surface area contributed by atoms with E-state index in [-0.39, 0.29) is 12.6 Å². The van der Waals surface area contributed by atoms with Gasteiger partial charge in [0.2, 0.25) is 0 Å². The van der Waals surface area contributed by atoms with E-state index in [1.807, 2.05) is 12.1 Å². The lowest BCUT2D eigenvalue weighted by atomic mass is 9.98. The van der Waals surface area contributed by atoms with Crippen molar-refractivity contribution in [2.24, 2.45) is 0 Å². The minimum absolute atomic E-state index is 0.0690. The van der Waals surface area contributed by atoms with Crippen LogP contribution in [-0.4, -0.2) is 49.9 Å². The second kappa shape index (κ2) is 10.4. The summed E-state index contributed by atoms with van der Waals surface area (Å²) in [5, 5.41) is 6.20. The Kier molecular flexibility index (Phi) is 7.33. The van der Waals surface area contributed by atoms with Crippen molar-refractivity contribution in [3.05, 3.63) is 64.2 Å². The monoisotopic (exact) mass is 454 g/mol. The van der Waals surface area contributed by atoms with Crippen LogP contribution >= 0.6 is 11.6 Å². The fourth-order valence-electron chi connectivity index (χ4n) is 4.62. The number of carbonyl (C=O) groups excluding carboxylic acids is 2. The topological polar surface area (TPSA) is 64.7 Å². The molecule has 32 heavy (non-hydrogen) atoms. The average molecular weight is 455 g/mol. The minimum atomic E-state index is -0.618. The Labute approximate surface area is 194 Å². The number of halogens is 1. The molecule has 6 nitrogen and oxygen atoms in total. The molecule has 0 saturated carbocycles. The standard InChI is InChI=1S/C25H31ClN4O2/c1-29-14-11-20-15-19(7-10-22(20)29)23(30-12-3-2-4-13-30)17-28-25(32)24(31)27-16-18-5-8-21(26)9-6-18/h5-10,15,23H,2-4,11-14,16-17H2,1H3,(H,27,31)(H,28,32). The van der Waals surface area contributed by atoms with Crippen molar-refractivity contribution in [2.45, 2.75) is 38.3 Å². The molecule has 1 unspecified atom stereocenters. The fourth-order valence-corrected chi connectivity index (χ4v) is 4.74. The molecule has 0 radical (unpaired) electrons. The van der Waals surface area contributed by atoms with Crippen molar-refractivity contribution < 1.29 is 9.59 Å². The number of piperidine rings is 1. The summed E-state index contributed by atoms with van der Waals surface area (Å²) in [6, 6.07) is 13.9. The smallest absolute Gasteiger partial charge is 0.309 e. The number of carbonyl (C=O) groups is 2. The molecule has 2 N–H and O–H groups in total. The summed E-state index contributed by atoms with van der Waals surface area (Å²) >= 11 is 5.89. The van der Waals surface area contributed by atoms with E-state index in [0.717, 1.165) is 31.6 Å². The fraction of sp³-hybridized carbons (Fsp3) is 0.440. The molecule has 1 saturated heterocycles. The third kappa shape index (κ3) is 5.43. The predicted octanol–water partition coefficient (Wildman–Crippen LogP) is 3.29. The molecule has 2 aromatic carbocycles. The molecule has 2 heterocycles. The summed E-state index contributed by atoms with van der Waals surface area (Å²) < 4.78 is 0. The minimum Gasteiger partial charge on any atom is -0.374 e. The van der Waals surface area contributed by atoms with E-state index in [1.165, 1.54) is 36.1 Å². The van der Waals surface area contributed by atoms with Crippen LogP contribution in [0.25, 0.3) is 0 Å². The van der Waals surface area contributed by atoms with E-state index >= 15 is 0 Å². The van der Waals surface area contributed by atoms with Crippen molar-refractivity contribution in [2.75, 3.05) is 38.1 Å². The van der Waals surface area contributed by atoms with Crippen molar-refractivity contribution in [3.8, 4) is 0 Å². The highest BCUT2D eigenvalue weighted by molar-refractivity contribution is 6.35. The molecule has 2 aliphatic heterocycles. The van der Waals surface area contributed by atoms with Gasteiger partial charge in [-0.25, -0.2) is 0 Å². The van der Waals surface area contributed by atoms with E-state index in [9.17, 15) is 9.59 Å². The first-order valence-corrected chi connectivity index (χ1v) is 11.8. The maximum atomic E-state index is 12.5. The Balaban J connectivity index is 1.39. The van der Waals surface area contributed by atoms with E-state index < -0.39 is 11.8 Å². The Bertz CT molecular complexity index is 957. The highest BCUT2D eigenvalue weighted by atomic mass is 35.5. The van der Waals surface area contributed by atoms with E-state index in [2.05, 4.69) is 45.7 Å². The summed E-state index contributed by atoms with van der Waals surface area (Å²) in [5.41, 5.74) is 4.75. The molecule has 170 valence electrons. The summed E-state index contributed by atoms with van der Waals surface area (Å²) in [6.45, 7) is 3.78. The van der Waals surface area contributed by atoms with Crippen LogP contribution in [0.1, 0.15) is 42.0 Å². The highest BCUT2D eigenvalue weighted by Crippen LogP contribution is 2.32. The van der Waals surface area contributed by atoms with Crippen LogP contribution in [0.2, 0.25) is 5.02 Å². The molecule has 0 aromatic heterocycles. The number of nitrogens with zero attached hydrogens (tertiary/aromatic N) is 2. The van der Waals surface area contributed by atoms with Crippen molar-refractivity contribution in [1.29, 1.82) is 0 Å². The molecule has 2 aliphatic rings. The Morgan fingerprint density at radius 2 is 1.69 bits per heavy atom. The van der Waals surface area contributed by atoms with Gasteiger partial charge in [0.15, 0.2) is 0 Å². The van der Waals surface area contributed by atoms with Gasteiger partial charge in [-0.05, 0) is 67.2 Å². The lowest BCUT2D eigenvalue weighted by molar-refractivity contribution is -0.139. The molecule has 1 atom stereocenters. The predicted molar refractivity (Wildman–Crippen MR) is 128 cm³/mol. The SMILES string of the molecule is CN1CCc2cc(C(CNC(=O)C(=O)NCc3ccc(Cl)cc3)N3CCCCC3)ccc21. The number of likely N-dealkylation sites (N-methyl/N-ethyl adjacent to an activating group) is 1. The molecule has 1 fully saturated rings. The molecule has 0 bridgehead atoms. The number of fused-ring (bicyclic) bond motifs is 1. The van der Waals surface area contributed by atoms with Gasteiger partial charge in [0.1, 0.15) is 0 Å². The van der Waals surface area contributed by atoms with Crippen LogP contribution in [0.5, 0.6) is 0 Å². The van der Waals surface area contributed by atoms with Crippen molar-refractivity contribution in [3.63, 3.8) is 0 Å². The summed E-state index contributed by atoms with van der Waals surface area (Å²) in [4.78, 5) is 29.5. The highest BCUT2D eigenvalue weighted by Gasteiger charge is 2.26.